The summed E-state index contributed by atoms with van der Waals surface area (Å²) in [5.74, 6) is 0.561. The third-order valence-electron chi connectivity index (χ3n) is 9.70. The second-order valence-corrected chi connectivity index (χ2v) is 12.7. The summed E-state index contributed by atoms with van der Waals surface area (Å²) in [5.41, 5.74) is 11.2. The lowest BCUT2D eigenvalue weighted by Gasteiger charge is -2.28. The fourth-order valence-electron chi connectivity index (χ4n) is 7.31. The van der Waals surface area contributed by atoms with Crippen LogP contribution < -0.4 is 4.90 Å². The quantitative estimate of drug-likeness (QED) is 0.179. The van der Waals surface area contributed by atoms with Gasteiger partial charge in [0.2, 0.25) is 5.89 Å². The summed E-state index contributed by atoms with van der Waals surface area (Å²) in [5, 5.41) is 4.37. The van der Waals surface area contributed by atoms with Crippen LogP contribution in [0.4, 0.5) is 17.1 Å². The molecule has 10 aromatic rings. The molecule has 0 atom stereocenters. The molecule has 0 aliphatic carbocycles. The Balaban J connectivity index is 1.31. The molecular weight excluding hydrogens is 625 g/mol. The number of fused-ring (bicyclic) bond motifs is 5. The van der Waals surface area contributed by atoms with Crippen molar-refractivity contribution in [3.63, 3.8) is 0 Å². The van der Waals surface area contributed by atoms with E-state index >= 15 is 0 Å². The van der Waals surface area contributed by atoms with Crippen molar-refractivity contribution in [2.24, 2.45) is 0 Å². The molecule has 8 aromatic carbocycles. The number of anilines is 3. The number of benzene rings is 8. The van der Waals surface area contributed by atoms with E-state index < -0.39 is 0 Å². The molecule has 0 bridgehead atoms. The number of rotatable bonds is 6. The minimum absolute atomic E-state index is 0.561. The normalized spacial score (nSPS) is 11.5. The summed E-state index contributed by atoms with van der Waals surface area (Å²) >= 11 is 0. The van der Waals surface area contributed by atoms with E-state index in [1.54, 1.807) is 0 Å². The van der Waals surface area contributed by atoms with Crippen molar-refractivity contribution >= 4 is 60.9 Å². The zero-order valence-electron chi connectivity index (χ0n) is 27.5. The molecule has 240 valence electrons. The van der Waals surface area contributed by atoms with E-state index in [2.05, 4.69) is 132 Å². The van der Waals surface area contributed by atoms with Gasteiger partial charge in [0.25, 0.3) is 0 Å². The van der Waals surface area contributed by atoms with Gasteiger partial charge in [-0.25, -0.2) is 4.98 Å². The molecular formula is C47H30N2O2. The van der Waals surface area contributed by atoms with Crippen molar-refractivity contribution in [3.05, 3.63) is 182 Å². The van der Waals surface area contributed by atoms with Crippen molar-refractivity contribution < 1.29 is 8.83 Å². The molecule has 0 aliphatic heterocycles. The average Bonchev–Trinajstić information content (AvgIpc) is 3.80. The zero-order chi connectivity index (χ0) is 33.7. The predicted molar refractivity (Wildman–Crippen MR) is 210 cm³/mol. The number of hydrogen-bond acceptors (Lipinski definition) is 4. The first-order valence-corrected chi connectivity index (χ1v) is 17.1. The van der Waals surface area contributed by atoms with E-state index in [1.807, 2.05) is 54.6 Å². The molecule has 51 heavy (non-hydrogen) atoms. The summed E-state index contributed by atoms with van der Waals surface area (Å²) in [4.78, 5) is 7.53. The standard InChI is InChI=1S/C47H30N2O2/c1-3-14-31(15-4-1)32-26-28-35(29-27-32)49(41-24-11-9-21-38(41)37-23-13-19-33-16-7-8-20-36(33)37)45-44-43(51-47(48-44)34-17-5-2-6-18-34)30-40-39-22-10-12-25-42(39)50-46(40)45/h1-30H. The van der Waals surface area contributed by atoms with Gasteiger partial charge in [-0.1, -0.05) is 140 Å². The predicted octanol–water partition coefficient (Wildman–Crippen LogP) is 13.4. The molecule has 4 heteroatoms. The van der Waals surface area contributed by atoms with Crippen LogP contribution in [-0.4, -0.2) is 4.98 Å². The number of furan rings is 1. The second-order valence-electron chi connectivity index (χ2n) is 12.7. The maximum Gasteiger partial charge on any atom is 0.227 e. The molecule has 10 rings (SSSR count). The second kappa shape index (κ2) is 11.9. The number of para-hydroxylation sites is 2. The first-order valence-electron chi connectivity index (χ1n) is 17.1. The van der Waals surface area contributed by atoms with E-state index in [0.717, 1.165) is 72.3 Å². The SMILES string of the molecule is c1ccc(-c2ccc(N(c3ccccc3-c3cccc4ccccc34)c3c4nc(-c5ccccc5)oc4cc4c3oc3ccccc34)cc2)cc1. The lowest BCUT2D eigenvalue weighted by molar-refractivity contribution is 0.620. The van der Waals surface area contributed by atoms with Gasteiger partial charge in [-0.3, -0.25) is 0 Å². The van der Waals surface area contributed by atoms with Crippen molar-refractivity contribution in [1.29, 1.82) is 0 Å². The molecule has 0 saturated heterocycles. The molecule has 0 spiro atoms. The lowest BCUT2D eigenvalue weighted by Crippen LogP contribution is -2.12. The Hall–Kier alpha value is -6.91. The monoisotopic (exact) mass is 654 g/mol. The van der Waals surface area contributed by atoms with Gasteiger partial charge in [-0.15, -0.1) is 0 Å². The highest BCUT2D eigenvalue weighted by Crippen LogP contribution is 2.49. The van der Waals surface area contributed by atoms with Gasteiger partial charge < -0.3 is 13.7 Å². The van der Waals surface area contributed by atoms with Crippen LogP contribution in [0.25, 0.3) is 77.5 Å². The summed E-state index contributed by atoms with van der Waals surface area (Å²) in [6.07, 6.45) is 0. The van der Waals surface area contributed by atoms with Crippen molar-refractivity contribution in [2.45, 2.75) is 0 Å². The maximum atomic E-state index is 6.82. The largest absolute Gasteiger partial charge is 0.454 e. The van der Waals surface area contributed by atoms with Crippen molar-refractivity contribution in [3.8, 4) is 33.7 Å². The summed E-state index contributed by atoms with van der Waals surface area (Å²) in [6.45, 7) is 0. The highest BCUT2D eigenvalue weighted by Gasteiger charge is 2.28. The molecule has 4 nitrogen and oxygen atoms in total. The molecule has 0 amide bonds. The third kappa shape index (κ3) is 4.88. The first-order chi connectivity index (χ1) is 25.3. The molecule has 0 fully saturated rings. The molecule has 2 aromatic heterocycles. The summed E-state index contributed by atoms with van der Waals surface area (Å²) in [7, 11) is 0. The van der Waals surface area contributed by atoms with Crippen molar-refractivity contribution in [1.82, 2.24) is 4.98 Å². The van der Waals surface area contributed by atoms with E-state index in [9.17, 15) is 0 Å². The molecule has 0 radical (unpaired) electrons. The van der Waals surface area contributed by atoms with Gasteiger partial charge in [-0.05, 0) is 69.9 Å². The van der Waals surface area contributed by atoms with Gasteiger partial charge in [-0.2, -0.15) is 0 Å². The Morgan fingerprint density at radius 3 is 1.88 bits per heavy atom. The van der Waals surface area contributed by atoms with E-state index in [1.165, 1.54) is 10.8 Å². The van der Waals surface area contributed by atoms with Crippen LogP contribution in [0, 0.1) is 0 Å². The van der Waals surface area contributed by atoms with Crippen LogP contribution in [0.5, 0.6) is 0 Å². The Kier molecular flexibility index (Phi) is 6.78. The van der Waals surface area contributed by atoms with Gasteiger partial charge in [0.15, 0.2) is 11.2 Å². The van der Waals surface area contributed by atoms with Gasteiger partial charge >= 0.3 is 0 Å². The van der Waals surface area contributed by atoms with E-state index in [0.29, 0.717) is 11.5 Å². The topological polar surface area (TPSA) is 42.4 Å². The third-order valence-corrected chi connectivity index (χ3v) is 9.70. The average molecular weight is 655 g/mol. The minimum Gasteiger partial charge on any atom is -0.454 e. The molecule has 0 unspecified atom stereocenters. The number of aromatic nitrogens is 1. The van der Waals surface area contributed by atoms with Crippen LogP contribution >= 0.6 is 0 Å². The van der Waals surface area contributed by atoms with Gasteiger partial charge in [0.1, 0.15) is 16.8 Å². The minimum atomic E-state index is 0.561. The highest BCUT2D eigenvalue weighted by molar-refractivity contribution is 6.18. The van der Waals surface area contributed by atoms with Gasteiger partial charge in [0, 0.05) is 27.6 Å². The van der Waals surface area contributed by atoms with E-state index in [4.69, 9.17) is 13.8 Å². The van der Waals surface area contributed by atoms with Crippen molar-refractivity contribution in [2.75, 3.05) is 4.90 Å². The maximum absolute atomic E-state index is 6.82. The molecule has 0 saturated carbocycles. The zero-order valence-corrected chi connectivity index (χ0v) is 27.5. The van der Waals surface area contributed by atoms with Crippen LogP contribution in [-0.2, 0) is 0 Å². The fourth-order valence-corrected chi connectivity index (χ4v) is 7.31. The van der Waals surface area contributed by atoms with Crippen LogP contribution in [0.15, 0.2) is 191 Å². The lowest BCUT2D eigenvalue weighted by atomic mass is 9.96. The van der Waals surface area contributed by atoms with Gasteiger partial charge in [0.05, 0.1) is 5.69 Å². The Morgan fingerprint density at radius 1 is 0.431 bits per heavy atom. The summed E-state index contributed by atoms with van der Waals surface area (Å²) in [6, 6.07) is 63.2. The van der Waals surface area contributed by atoms with E-state index in [-0.39, 0.29) is 0 Å². The number of hydrogen-bond donors (Lipinski definition) is 0. The Labute approximate surface area is 294 Å². The Morgan fingerprint density at radius 2 is 1.06 bits per heavy atom. The fraction of sp³-hybridized carbons (Fsp3) is 0. The number of oxazole rings is 1. The molecule has 0 aliphatic rings. The number of nitrogens with zero attached hydrogens (tertiary/aromatic N) is 2. The Bertz CT molecular complexity index is 2850. The molecule has 0 N–H and O–H groups in total. The first kappa shape index (κ1) is 29.0. The summed E-state index contributed by atoms with van der Waals surface area (Å²) < 4.78 is 13.4. The smallest absolute Gasteiger partial charge is 0.227 e. The van der Waals surface area contributed by atoms with Crippen LogP contribution in [0.3, 0.4) is 0 Å². The highest BCUT2D eigenvalue weighted by atomic mass is 16.4. The van der Waals surface area contributed by atoms with Crippen LogP contribution in [0.2, 0.25) is 0 Å². The van der Waals surface area contributed by atoms with Crippen LogP contribution in [0.1, 0.15) is 0 Å². The molecule has 2 heterocycles.